The molecule has 1 aliphatic heterocycles. The second-order valence-corrected chi connectivity index (χ2v) is 5.46. The summed E-state index contributed by atoms with van der Waals surface area (Å²) in [4.78, 5) is 25.4. The van der Waals surface area contributed by atoms with Gasteiger partial charge in [-0.25, -0.2) is 0 Å². The second-order valence-electron chi connectivity index (χ2n) is 5.46. The van der Waals surface area contributed by atoms with E-state index in [0.717, 1.165) is 24.4 Å². The van der Waals surface area contributed by atoms with Gasteiger partial charge in [-0.1, -0.05) is 0 Å². The number of hydrogen-bond donors (Lipinski definition) is 1. The van der Waals surface area contributed by atoms with E-state index in [1.807, 2.05) is 19.9 Å². The molecular formula is C15H22N2O3. The number of carbonyl (C=O) groups excluding carboxylic acids is 1. The van der Waals surface area contributed by atoms with Crippen molar-refractivity contribution in [3.63, 3.8) is 0 Å². The molecule has 1 atom stereocenters. The highest BCUT2D eigenvalue weighted by Crippen LogP contribution is 2.22. The Morgan fingerprint density at radius 2 is 2.10 bits per heavy atom. The zero-order chi connectivity index (χ0) is 14.9. The molecule has 2 rings (SSSR count). The smallest absolute Gasteiger partial charge is 0.308 e. The molecule has 0 saturated carbocycles. The fourth-order valence-electron chi connectivity index (χ4n) is 3.04. The summed E-state index contributed by atoms with van der Waals surface area (Å²) < 4.78 is 2.10. The summed E-state index contributed by atoms with van der Waals surface area (Å²) >= 11 is 0. The minimum absolute atomic E-state index is 0.0382. The molecule has 110 valence electrons. The molecular weight excluding hydrogens is 256 g/mol. The third kappa shape index (κ3) is 2.57. The van der Waals surface area contributed by atoms with Crippen LogP contribution < -0.4 is 0 Å². The van der Waals surface area contributed by atoms with E-state index >= 15 is 0 Å². The average molecular weight is 278 g/mol. The Kier molecular flexibility index (Phi) is 4.16. The van der Waals surface area contributed by atoms with Crippen LogP contribution in [0.15, 0.2) is 6.07 Å². The first-order valence-corrected chi connectivity index (χ1v) is 7.14. The number of carboxylic acids is 1. The highest BCUT2D eigenvalue weighted by Gasteiger charge is 2.29. The molecule has 1 aromatic rings. The predicted molar refractivity (Wildman–Crippen MR) is 75.8 cm³/mol. The largest absolute Gasteiger partial charge is 0.481 e. The van der Waals surface area contributed by atoms with Crippen molar-refractivity contribution in [2.24, 2.45) is 5.92 Å². The second kappa shape index (κ2) is 5.69. The van der Waals surface area contributed by atoms with E-state index in [2.05, 4.69) is 11.5 Å². The van der Waals surface area contributed by atoms with Gasteiger partial charge < -0.3 is 14.6 Å². The fraction of sp³-hybridized carbons (Fsp3) is 0.600. The van der Waals surface area contributed by atoms with E-state index in [1.54, 1.807) is 4.90 Å². The van der Waals surface area contributed by atoms with Crippen LogP contribution in [0.5, 0.6) is 0 Å². The van der Waals surface area contributed by atoms with Crippen molar-refractivity contribution in [3.05, 3.63) is 23.0 Å². The summed E-state index contributed by atoms with van der Waals surface area (Å²) in [6, 6.07) is 1.91. The molecule has 1 aromatic heterocycles. The Morgan fingerprint density at radius 1 is 1.40 bits per heavy atom. The molecule has 1 N–H and O–H groups in total. The van der Waals surface area contributed by atoms with Crippen LogP contribution in [0, 0.1) is 19.8 Å². The minimum atomic E-state index is -0.804. The third-order valence-electron chi connectivity index (χ3n) is 4.18. The summed E-state index contributed by atoms with van der Waals surface area (Å²) in [6.07, 6.45) is 1.42. The van der Waals surface area contributed by atoms with Gasteiger partial charge in [0.2, 0.25) is 0 Å². The SMILES string of the molecule is CCn1c(C)cc(C(=O)N2CCC[C@@H](C(=O)O)C2)c1C. The molecule has 0 unspecified atom stereocenters. The Hall–Kier alpha value is -1.78. The molecule has 2 heterocycles. The van der Waals surface area contributed by atoms with Gasteiger partial charge in [-0.05, 0) is 39.7 Å². The Labute approximate surface area is 119 Å². The van der Waals surface area contributed by atoms with E-state index < -0.39 is 11.9 Å². The summed E-state index contributed by atoms with van der Waals surface area (Å²) in [5.74, 6) is -1.27. The molecule has 5 heteroatoms. The van der Waals surface area contributed by atoms with Gasteiger partial charge in [0.25, 0.3) is 5.91 Å². The lowest BCUT2D eigenvalue weighted by atomic mass is 9.97. The fourth-order valence-corrected chi connectivity index (χ4v) is 3.04. The lowest BCUT2D eigenvalue weighted by molar-refractivity contribution is -0.143. The lowest BCUT2D eigenvalue weighted by Gasteiger charge is -2.30. The van der Waals surface area contributed by atoms with E-state index in [0.29, 0.717) is 25.1 Å². The molecule has 20 heavy (non-hydrogen) atoms. The van der Waals surface area contributed by atoms with Crippen molar-refractivity contribution >= 4 is 11.9 Å². The van der Waals surface area contributed by atoms with Crippen LogP contribution in [0.3, 0.4) is 0 Å². The van der Waals surface area contributed by atoms with Gasteiger partial charge in [0.1, 0.15) is 0 Å². The van der Waals surface area contributed by atoms with Crippen LogP contribution in [0.4, 0.5) is 0 Å². The van der Waals surface area contributed by atoms with E-state index in [9.17, 15) is 9.59 Å². The first-order chi connectivity index (χ1) is 9.45. The molecule has 0 radical (unpaired) electrons. The van der Waals surface area contributed by atoms with E-state index in [4.69, 9.17) is 5.11 Å². The summed E-state index contributed by atoms with van der Waals surface area (Å²) in [5, 5.41) is 9.11. The Balaban J connectivity index is 2.21. The topological polar surface area (TPSA) is 62.5 Å². The normalized spacial score (nSPS) is 19.1. The maximum absolute atomic E-state index is 12.6. The molecule has 5 nitrogen and oxygen atoms in total. The number of aromatic nitrogens is 1. The summed E-state index contributed by atoms with van der Waals surface area (Å²) in [5.41, 5.74) is 2.74. The monoisotopic (exact) mass is 278 g/mol. The Bertz CT molecular complexity index is 533. The third-order valence-corrected chi connectivity index (χ3v) is 4.18. The van der Waals surface area contributed by atoms with Crippen molar-refractivity contribution in [1.82, 2.24) is 9.47 Å². The molecule has 1 fully saturated rings. The van der Waals surface area contributed by atoms with Crippen LogP contribution in [0.25, 0.3) is 0 Å². The molecule has 0 aromatic carbocycles. The highest BCUT2D eigenvalue weighted by atomic mass is 16.4. The zero-order valence-electron chi connectivity index (χ0n) is 12.3. The van der Waals surface area contributed by atoms with Crippen molar-refractivity contribution in [3.8, 4) is 0 Å². The summed E-state index contributed by atoms with van der Waals surface area (Å²) in [7, 11) is 0. The van der Waals surface area contributed by atoms with Gasteiger partial charge in [0.05, 0.1) is 11.5 Å². The minimum Gasteiger partial charge on any atom is -0.481 e. The van der Waals surface area contributed by atoms with Crippen molar-refractivity contribution in [1.29, 1.82) is 0 Å². The van der Waals surface area contributed by atoms with Crippen molar-refractivity contribution in [2.45, 2.75) is 40.2 Å². The standard InChI is InChI=1S/C15H22N2O3/c1-4-17-10(2)8-13(11(17)3)14(18)16-7-5-6-12(9-16)15(19)20/h8,12H,4-7,9H2,1-3H3,(H,19,20)/t12-/m1/s1. The molecule has 0 aliphatic carbocycles. The van der Waals surface area contributed by atoms with Crippen molar-refractivity contribution < 1.29 is 14.7 Å². The highest BCUT2D eigenvalue weighted by molar-refractivity contribution is 5.96. The van der Waals surface area contributed by atoms with E-state index in [1.165, 1.54) is 0 Å². The quantitative estimate of drug-likeness (QED) is 0.920. The molecule has 0 spiro atoms. The van der Waals surface area contributed by atoms with Gasteiger partial charge in [0.15, 0.2) is 0 Å². The predicted octanol–water partition coefficient (Wildman–Crippen LogP) is 2.06. The van der Waals surface area contributed by atoms with E-state index in [-0.39, 0.29) is 5.91 Å². The number of likely N-dealkylation sites (tertiary alicyclic amines) is 1. The number of carbonyl (C=O) groups is 2. The van der Waals surface area contributed by atoms with Gasteiger partial charge in [-0.2, -0.15) is 0 Å². The number of rotatable bonds is 3. The Morgan fingerprint density at radius 3 is 2.65 bits per heavy atom. The van der Waals surface area contributed by atoms with Crippen LogP contribution >= 0.6 is 0 Å². The maximum Gasteiger partial charge on any atom is 0.308 e. The number of piperidine rings is 1. The molecule has 1 amide bonds. The molecule has 1 aliphatic rings. The van der Waals surface area contributed by atoms with Gasteiger partial charge >= 0.3 is 5.97 Å². The lowest BCUT2D eigenvalue weighted by Crippen LogP contribution is -2.42. The number of nitrogens with zero attached hydrogens (tertiary/aromatic N) is 2. The molecule has 1 saturated heterocycles. The van der Waals surface area contributed by atoms with Crippen LogP contribution in [0.1, 0.15) is 41.5 Å². The van der Waals surface area contributed by atoms with Gasteiger partial charge in [-0.15, -0.1) is 0 Å². The number of amides is 1. The average Bonchev–Trinajstić information content (AvgIpc) is 2.72. The van der Waals surface area contributed by atoms with Gasteiger partial charge in [0, 0.05) is 31.0 Å². The summed E-state index contributed by atoms with van der Waals surface area (Å²) in [6.45, 7) is 7.80. The first-order valence-electron chi connectivity index (χ1n) is 7.14. The number of hydrogen-bond acceptors (Lipinski definition) is 2. The zero-order valence-corrected chi connectivity index (χ0v) is 12.3. The van der Waals surface area contributed by atoms with Gasteiger partial charge in [-0.3, -0.25) is 9.59 Å². The maximum atomic E-state index is 12.6. The van der Waals surface area contributed by atoms with Crippen LogP contribution in [-0.2, 0) is 11.3 Å². The van der Waals surface area contributed by atoms with Crippen LogP contribution in [-0.4, -0.2) is 39.5 Å². The number of aryl methyl sites for hydroxylation is 1. The van der Waals surface area contributed by atoms with Crippen molar-refractivity contribution in [2.75, 3.05) is 13.1 Å². The molecule has 0 bridgehead atoms. The van der Waals surface area contributed by atoms with Crippen LogP contribution in [0.2, 0.25) is 0 Å². The number of carboxylic acid groups (broad SMARTS) is 1. The number of aliphatic carboxylic acids is 1. The first kappa shape index (κ1) is 14.6.